The van der Waals surface area contributed by atoms with E-state index >= 15 is 0 Å². The number of allylic oxidation sites excluding steroid dienone is 3. The Morgan fingerprint density at radius 1 is 1.17 bits per heavy atom. The molecule has 0 saturated carbocycles. The van der Waals surface area contributed by atoms with Crippen LogP contribution >= 0.6 is 0 Å². The van der Waals surface area contributed by atoms with Gasteiger partial charge in [0.25, 0.3) is 5.91 Å². The van der Waals surface area contributed by atoms with Crippen LogP contribution in [0.1, 0.15) is 68.4 Å². The summed E-state index contributed by atoms with van der Waals surface area (Å²) in [6.45, 7) is 21.4. The van der Waals surface area contributed by atoms with E-state index in [1.807, 2.05) is 36.1 Å². The van der Waals surface area contributed by atoms with E-state index in [0.717, 1.165) is 54.7 Å². The second-order valence-corrected chi connectivity index (χ2v) is 9.63. The Balaban J connectivity index is 3.14. The van der Waals surface area contributed by atoms with Gasteiger partial charge in [-0.1, -0.05) is 50.8 Å². The SMILES string of the molecule is C=CC/C=C(\C=C(/C)C#CCN)CN(CCCN(CC)CCC(C)C)C(=O)c1ccc(C)c(C)c1. The van der Waals surface area contributed by atoms with Gasteiger partial charge in [-0.25, -0.2) is 0 Å². The zero-order valence-corrected chi connectivity index (χ0v) is 23.0. The summed E-state index contributed by atoms with van der Waals surface area (Å²) in [5, 5.41) is 0. The lowest BCUT2D eigenvalue weighted by Crippen LogP contribution is -2.36. The van der Waals surface area contributed by atoms with Crippen LogP contribution in [0.4, 0.5) is 0 Å². The van der Waals surface area contributed by atoms with Crippen molar-refractivity contribution in [2.24, 2.45) is 11.7 Å². The van der Waals surface area contributed by atoms with Crippen molar-refractivity contribution in [2.75, 3.05) is 39.3 Å². The summed E-state index contributed by atoms with van der Waals surface area (Å²) in [6.07, 6.45) is 8.94. The van der Waals surface area contributed by atoms with Crippen molar-refractivity contribution in [3.63, 3.8) is 0 Å². The summed E-state index contributed by atoms with van der Waals surface area (Å²) >= 11 is 0. The zero-order chi connectivity index (χ0) is 26.2. The molecule has 0 saturated heterocycles. The fraction of sp³-hybridized carbons (Fsp3) is 0.516. The molecule has 0 fully saturated rings. The molecule has 0 aromatic heterocycles. The van der Waals surface area contributed by atoms with Crippen LogP contribution in [0.5, 0.6) is 0 Å². The molecule has 1 rings (SSSR count). The number of nitrogens with two attached hydrogens (primary N) is 1. The molecule has 0 spiro atoms. The van der Waals surface area contributed by atoms with Gasteiger partial charge in [0, 0.05) is 18.7 Å². The van der Waals surface area contributed by atoms with Crippen molar-refractivity contribution in [1.29, 1.82) is 0 Å². The van der Waals surface area contributed by atoms with E-state index < -0.39 is 0 Å². The van der Waals surface area contributed by atoms with E-state index in [4.69, 9.17) is 5.73 Å². The lowest BCUT2D eigenvalue weighted by atomic mass is 10.0. The summed E-state index contributed by atoms with van der Waals surface area (Å²) in [4.78, 5) is 18.1. The van der Waals surface area contributed by atoms with Gasteiger partial charge in [0.05, 0.1) is 6.54 Å². The number of aryl methyl sites for hydroxylation is 2. The fourth-order valence-corrected chi connectivity index (χ4v) is 3.79. The largest absolute Gasteiger partial charge is 0.334 e. The van der Waals surface area contributed by atoms with E-state index in [0.29, 0.717) is 25.6 Å². The van der Waals surface area contributed by atoms with Crippen molar-refractivity contribution in [1.82, 2.24) is 9.80 Å². The van der Waals surface area contributed by atoms with Gasteiger partial charge in [-0.3, -0.25) is 4.79 Å². The van der Waals surface area contributed by atoms with Crippen LogP contribution in [0.25, 0.3) is 0 Å². The molecule has 0 heterocycles. The molecule has 0 unspecified atom stereocenters. The minimum absolute atomic E-state index is 0.0712. The molecular weight excluding hydrogens is 430 g/mol. The van der Waals surface area contributed by atoms with Gasteiger partial charge < -0.3 is 15.5 Å². The molecule has 4 heteroatoms. The molecule has 0 aliphatic carbocycles. The van der Waals surface area contributed by atoms with Crippen LogP contribution in [0.15, 0.2) is 54.2 Å². The Labute approximate surface area is 215 Å². The third kappa shape index (κ3) is 12.1. The maximum atomic E-state index is 13.6. The Kier molecular flexibility index (Phi) is 14.7. The highest BCUT2D eigenvalue weighted by Gasteiger charge is 2.18. The van der Waals surface area contributed by atoms with Crippen molar-refractivity contribution in [3.05, 3.63) is 70.8 Å². The number of carbonyl (C=O) groups is 1. The Morgan fingerprint density at radius 2 is 1.91 bits per heavy atom. The van der Waals surface area contributed by atoms with E-state index in [2.05, 4.69) is 70.1 Å². The van der Waals surface area contributed by atoms with Crippen molar-refractivity contribution in [2.45, 2.75) is 60.8 Å². The molecule has 0 bridgehead atoms. The lowest BCUT2D eigenvalue weighted by Gasteiger charge is -2.26. The molecule has 0 aliphatic heterocycles. The topological polar surface area (TPSA) is 49.6 Å². The average Bonchev–Trinajstić information content (AvgIpc) is 2.83. The highest BCUT2D eigenvalue weighted by atomic mass is 16.2. The first kappa shape index (κ1) is 30.4. The first-order valence-corrected chi connectivity index (χ1v) is 13.0. The fourth-order valence-electron chi connectivity index (χ4n) is 3.79. The highest BCUT2D eigenvalue weighted by Crippen LogP contribution is 2.15. The maximum Gasteiger partial charge on any atom is 0.254 e. The molecule has 2 N–H and O–H groups in total. The number of rotatable bonds is 14. The molecule has 0 aliphatic rings. The van der Waals surface area contributed by atoms with Crippen LogP contribution in [-0.4, -0.2) is 55.0 Å². The number of carbonyl (C=O) groups excluding carboxylic acids is 1. The predicted octanol–water partition coefficient (Wildman–Crippen LogP) is 5.91. The number of nitrogens with zero attached hydrogens (tertiary/aromatic N) is 2. The van der Waals surface area contributed by atoms with Gasteiger partial charge in [0.1, 0.15) is 0 Å². The Hall–Kier alpha value is -2.61. The quantitative estimate of drug-likeness (QED) is 0.206. The molecule has 1 aromatic carbocycles. The monoisotopic (exact) mass is 477 g/mol. The van der Waals surface area contributed by atoms with Crippen LogP contribution in [0, 0.1) is 31.6 Å². The molecule has 0 radical (unpaired) electrons. The van der Waals surface area contributed by atoms with Gasteiger partial charge in [-0.05, 0) is 106 Å². The minimum atomic E-state index is 0.0712. The summed E-state index contributed by atoms with van der Waals surface area (Å²) in [7, 11) is 0. The minimum Gasteiger partial charge on any atom is -0.334 e. The van der Waals surface area contributed by atoms with Crippen LogP contribution in [0.3, 0.4) is 0 Å². The van der Waals surface area contributed by atoms with Crippen molar-refractivity contribution < 1.29 is 4.79 Å². The highest BCUT2D eigenvalue weighted by molar-refractivity contribution is 5.94. The summed E-state index contributed by atoms with van der Waals surface area (Å²) < 4.78 is 0. The lowest BCUT2D eigenvalue weighted by molar-refractivity contribution is 0.0763. The third-order valence-electron chi connectivity index (χ3n) is 6.12. The van der Waals surface area contributed by atoms with Gasteiger partial charge in [-0.15, -0.1) is 6.58 Å². The Morgan fingerprint density at radius 3 is 2.51 bits per heavy atom. The predicted molar refractivity (Wildman–Crippen MR) is 151 cm³/mol. The molecule has 4 nitrogen and oxygen atoms in total. The summed E-state index contributed by atoms with van der Waals surface area (Å²) in [6, 6.07) is 5.98. The van der Waals surface area contributed by atoms with Gasteiger partial charge in [0.15, 0.2) is 0 Å². The molecule has 192 valence electrons. The normalized spacial score (nSPS) is 12.0. The summed E-state index contributed by atoms with van der Waals surface area (Å²) in [5.74, 6) is 6.77. The standard InChI is InChI=1S/C31H47N3O/c1-8-10-14-29(22-26(5)13-11-18-32)24-34(20-12-19-33(9-2)21-17-25(3)4)31(35)30-16-15-27(6)28(7)23-30/h8,14-16,22-23,25H,1,9-10,12,17-21,24,32H2,2-7H3/b26-22+,29-14+. The molecule has 0 atom stereocenters. The average molecular weight is 478 g/mol. The van der Waals surface area contributed by atoms with Crippen molar-refractivity contribution in [3.8, 4) is 11.8 Å². The van der Waals surface area contributed by atoms with Gasteiger partial charge in [-0.2, -0.15) is 0 Å². The van der Waals surface area contributed by atoms with E-state index in [1.54, 1.807) is 0 Å². The second-order valence-electron chi connectivity index (χ2n) is 9.63. The number of benzene rings is 1. The third-order valence-corrected chi connectivity index (χ3v) is 6.12. The molecule has 1 amide bonds. The smallest absolute Gasteiger partial charge is 0.254 e. The van der Waals surface area contributed by atoms with Crippen LogP contribution < -0.4 is 5.73 Å². The van der Waals surface area contributed by atoms with Crippen LogP contribution in [0.2, 0.25) is 0 Å². The molecular formula is C31H47N3O. The van der Waals surface area contributed by atoms with E-state index in [1.165, 1.54) is 12.0 Å². The Bertz CT molecular complexity index is 930. The summed E-state index contributed by atoms with van der Waals surface area (Å²) in [5.41, 5.74) is 10.6. The second kappa shape index (κ2) is 16.9. The molecule has 35 heavy (non-hydrogen) atoms. The first-order chi connectivity index (χ1) is 16.7. The number of hydrogen-bond donors (Lipinski definition) is 1. The first-order valence-electron chi connectivity index (χ1n) is 13.0. The van der Waals surface area contributed by atoms with Gasteiger partial charge in [0.2, 0.25) is 0 Å². The van der Waals surface area contributed by atoms with Crippen LogP contribution in [-0.2, 0) is 0 Å². The maximum absolute atomic E-state index is 13.6. The number of hydrogen-bond acceptors (Lipinski definition) is 3. The van der Waals surface area contributed by atoms with Crippen molar-refractivity contribution >= 4 is 5.91 Å². The molecule has 1 aromatic rings. The van der Waals surface area contributed by atoms with E-state index in [9.17, 15) is 4.79 Å². The van der Waals surface area contributed by atoms with E-state index in [-0.39, 0.29) is 5.91 Å². The zero-order valence-electron chi connectivity index (χ0n) is 23.0. The van der Waals surface area contributed by atoms with Gasteiger partial charge >= 0.3 is 0 Å². The number of amides is 1.